The van der Waals surface area contributed by atoms with Gasteiger partial charge in [-0.15, -0.1) is 0 Å². The molecule has 0 spiro atoms. The lowest BCUT2D eigenvalue weighted by atomic mass is 10.0. The normalized spacial score (nSPS) is 13.9. The molecule has 1 saturated carbocycles. The standard InChI is InChI=1S/C28H25N7O2/c1-17(31-27(36)24-18(2)32-34-13-5-12-30-26(24)34)23-14-20-7-4-6-19(8-9-22-15-29-16-33(22)3)25(20)28(37)35(23)21-10-11-21/h4-7,12-17,21H,10-11H2,1-3H3,(H,31,36). The number of carbonyl (C=O) groups excluding carboxylic acids is 1. The van der Waals surface area contributed by atoms with Crippen molar-refractivity contribution in [1.29, 1.82) is 0 Å². The molecular formula is C28H25N7O2. The Kier molecular flexibility index (Phi) is 5.37. The predicted molar refractivity (Wildman–Crippen MR) is 139 cm³/mol. The second kappa shape index (κ2) is 8.75. The second-order valence-corrected chi connectivity index (χ2v) is 9.43. The molecule has 1 fully saturated rings. The fourth-order valence-electron chi connectivity index (χ4n) is 4.76. The number of rotatable bonds is 4. The van der Waals surface area contributed by atoms with Gasteiger partial charge in [-0.2, -0.15) is 5.10 Å². The van der Waals surface area contributed by atoms with Crippen LogP contribution >= 0.6 is 0 Å². The van der Waals surface area contributed by atoms with Gasteiger partial charge in [0.2, 0.25) is 0 Å². The zero-order chi connectivity index (χ0) is 25.7. The Balaban J connectivity index is 1.41. The first-order valence-electron chi connectivity index (χ1n) is 12.2. The van der Waals surface area contributed by atoms with Gasteiger partial charge in [0, 0.05) is 36.7 Å². The number of amides is 1. The van der Waals surface area contributed by atoms with Crippen LogP contribution in [0.15, 0.2) is 60.0 Å². The summed E-state index contributed by atoms with van der Waals surface area (Å²) in [6.07, 6.45) is 8.65. The molecule has 1 N–H and O–H groups in total. The van der Waals surface area contributed by atoms with Crippen molar-refractivity contribution < 1.29 is 4.79 Å². The monoisotopic (exact) mass is 491 g/mol. The third kappa shape index (κ3) is 3.96. The number of benzene rings is 1. The number of pyridine rings is 1. The molecule has 0 aliphatic heterocycles. The molecule has 6 rings (SSSR count). The van der Waals surface area contributed by atoms with Gasteiger partial charge in [-0.05, 0) is 56.2 Å². The maximum Gasteiger partial charge on any atom is 0.260 e. The van der Waals surface area contributed by atoms with Gasteiger partial charge >= 0.3 is 0 Å². The molecule has 1 aliphatic carbocycles. The number of imidazole rings is 1. The van der Waals surface area contributed by atoms with Crippen LogP contribution < -0.4 is 10.9 Å². The molecule has 4 heterocycles. The molecule has 9 heteroatoms. The van der Waals surface area contributed by atoms with E-state index >= 15 is 0 Å². The van der Waals surface area contributed by atoms with Gasteiger partial charge in [0.1, 0.15) is 11.3 Å². The second-order valence-electron chi connectivity index (χ2n) is 9.43. The van der Waals surface area contributed by atoms with Gasteiger partial charge in [-0.1, -0.05) is 18.1 Å². The molecular weight excluding hydrogens is 466 g/mol. The van der Waals surface area contributed by atoms with Gasteiger partial charge in [0.15, 0.2) is 5.65 Å². The lowest BCUT2D eigenvalue weighted by Crippen LogP contribution is -2.32. The van der Waals surface area contributed by atoms with E-state index in [0.717, 1.165) is 29.6 Å². The third-order valence-corrected chi connectivity index (χ3v) is 6.75. The molecule has 0 bridgehead atoms. The highest BCUT2D eigenvalue weighted by atomic mass is 16.2. The largest absolute Gasteiger partial charge is 0.344 e. The Morgan fingerprint density at radius 3 is 2.81 bits per heavy atom. The van der Waals surface area contributed by atoms with Crippen molar-refractivity contribution in [2.75, 3.05) is 0 Å². The van der Waals surface area contributed by atoms with Gasteiger partial charge in [0.05, 0.1) is 29.6 Å². The smallest absolute Gasteiger partial charge is 0.260 e. The summed E-state index contributed by atoms with van der Waals surface area (Å²) < 4.78 is 5.27. The molecule has 0 saturated heterocycles. The minimum absolute atomic E-state index is 0.0835. The predicted octanol–water partition coefficient (Wildman–Crippen LogP) is 3.31. The average Bonchev–Trinajstić information content (AvgIpc) is 3.54. The molecule has 4 aromatic heterocycles. The molecule has 1 aromatic carbocycles. The molecule has 5 aromatic rings. The maximum atomic E-state index is 13.9. The van der Waals surface area contributed by atoms with E-state index in [1.165, 1.54) is 0 Å². The van der Waals surface area contributed by atoms with Crippen LogP contribution in [0.1, 0.15) is 64.9 Å². The van der Waals surface area contributed by atoms with Gasteiger partial charge < -0.3 is 14.5 Å². The van der Waals surface area contributed by atoms with Crippen molar-refractivity contribution in [1.82, 2.24) is 34.0 Å². The summed E-state index contributed by atoms with van der Waals surface area (Å²) in [5.74, 6) is 6.02. The van der Waals surface area contributed by atoms with E-state index < -0.39 is 6.04 Å². The van der Waals surface area contributed by atoms with Gasteiger partial charge in [0.25, 0.3) is 11.5 Å². The summed E-state index contributed by atoms with van der Waals surface area (Å²) in [4.78, 5) is 35.6. The fraction of sp³-hybridized carbons (Fsp3) is 0.250. The van der Waals surface area contributed by atoms with Crippen LogP contribution in [0.25, 0.3) is 16.4 Å². The van der Waals surface area contributed by atoms with E-state index in [-0.39, 0.29) is 17.5 Å². The Bertz CT molecular complexity index is 1810. The Hall–Kier alpha value is -4.71. The Labute approximate surface area is 212 Å². The van der Waals surface area contributed by atoms with Crippen molar-refractivity contribution >= 4 is 22.3 Å². The number of nitrogens with zero attached hydrogens (tertiary/aromatic N) is 6. The van der Waals surface area contributed by atoms with E-state index in [0.29, 0.717) is 27.9 Å². The van der Waals surface area contributed by atoms with Crippen LogP contribution in [0, 0.1) is 18.8 Å². The highest BCUT2D eigenvalue weighted by Gasteiger charge is 2.30. The zero-order valence-electron chi connectivity index (χ0n) is 20.8. The van der Waals surface area contributed by atoms with Crippen molar-refractivity contribution in [2.24, 2.45) is 7.05 Å². The van der Waals surface area contributed by atoms with E-state index in [2.05, 4.69) is 32.2 Å². The summed E-state index contributed by atoms with van der Waals surface area (Å²) in [6, 6.07) is 9.16. The molecule has 9 nitrogen and oxygen atoms in total. The lowest BCUT2D eigenvalue weighted by Gasteiger charge is -2.21. The maximum absolute atomic E-state index is 13.9. The fourth-order valence-corrected chi connectivity index (χ4v) is 4.76. The quantitative estimate of drug-likeness (QED) is 0.389. The summed E-state index contributed by atoms with van der Waals surface area (Å²) in [5, 5.41) is 8.86. The molecule has 0 radical (unpaired) electrons. The van der Waals surface area contributed by atoms with Gasteiger partial charge in [-0.25, -0.2) is 14.5 Å². The zero-order valence-corrected chi connectivity index (χ0v) is 20.8. The van der Waals surface area contributed by atoms with Crippen LogP contribution in [0.3, 0.4) is 0 Å². The Morgan fingerprint density at radius 1 is 1.22 bits per heavy atom. The topological polar surface area (TPSA) is 99.1 Å². The van der Waals surface area contributed by atoms with E-state index in [9.17, 15) is 9.59 Å². The van der Waals surface area contributed by atoms with Crippen LogP contribution in [-0.2, 0) is 7.05 Å². The van der Waals surface area contributed by atoms with Crippen LogP contribution in [0.2, 0.25) is 0 Å². The van der Waals surface area contributed by atoms with Crippen molar-refractivity contribution in [3.8, 4) is 11.8 Å². The molecule has 1 aliphatic rings. The molecule has 1 amide bonds. The third-order valence-electron chi connectivity index (χ3n) is 6.75. The summed E-state index contributed by atoms with van der Waals surface area (Å²) in [6.45, 7) is 3.69. The molecule has 184 valence electrons. The minimum Gasteiger partial charge on any atom is -0.344 e. The minimum atomic E-state index is -0.410. The van der Waals surface area contributed by atoms with Crippen LogP contribution in [0.4, 0.5) is 0 Å². The SMILES string of the molecule is Cc1nn2cccnc2c1C(=O)NC(C)c1cc2cccc(C#Cc3cncn3C)c2c(=O)n1C1CC1. The highest BCUT2D eigenvalue weighted by molar-refractivity contribution is 6.01. The molecule has 37 heavy (non-hydrogen) atoms. The van der Waals surface area contributed by atoms with E-state index in [1.807, 2.05) is 47.4 Å². The number of hydrogen-bond acceptors (Lipinski definition) is 5. The number of fused-ring (bicyclic) bond motifs is 2. The van der Waals surface area contributed by atoms with E-state index in [1.54, 1.807) is 42.4 Å². The van der Waals surface area contributed by atoms with Crippen molar-refractivity contribution in [3.63, 3.8) is 0 Å². The van der Waals surface area contributed by atoms with Crippen molar-refractivity contribution in [3.05, 3.63) is 93.8 Å². The highest BCUT2D eigenvalue weighted by Crippen LogP contribution is 2.37. The van der Waals surface area contributed by atoms with Gasteiger partial charge in [-0.3, -0.25) is 9.59 Å². The van der Waals surface area contributed by atoms with Crippen LogP contribution in [-0.4, -0.2) is 34.6 Å². The number of nitrogens with one attached hydrogen (secondary N) is 1. The Morgan fingerprint density at radius 2 is 2.05 bits per heavy atom. The van der Waals surface area contributed by atoms with Crippen molar-refractivity contribution in [2.45, 2.75) is 38.8 Å². The summed E-state index contributed by atoms with van der Waals surface area (Å²) in [5.41, 5.74) is 3.66. The summed E-state index contributed by atoms with van der Waals surface area (Å²) >= 11 is 0. The van der Waals surface area contributed by atoms with E-state index in [4.69, 9.17) is 0 Å². The number of aryl methyl sites for hydroxylation is 2. The first kappa shape index (κ1) is 22.7. The number of hydrogen-bond donors (Lipinski definition) is 1. The lowest BCUT2D eigenvalue weighted by molar-refractivity contribution is 0.0939. The average molecular weight is 492 g/mol. The molecule has 1 atom stereocenters. The number of aromatic nitrogens is 6. The number of carbonyl (C=O) groups is 1. The first-order valence-corrected chi connectivity index (χ1v) is 12.2. The molecule has 1 unspecified atom stereocenters. The van der Waals surface area contributed by atoms with Crippen LogP contribution in [0.5, 0.6) is 0 Å². The summed E-state index contributed by atoms with van der Waals surface area (Å²) in [7, 11) is 1.88. The first-order chi connectivity index (χ1) is 17.9.